The van der Waals surface area contributed by atoms with E-state index < -0.39 is 0 Å². The van der Waals surface area contributed by atoms with E-state index in [2.05, 4.69) is 29.7 Å². The summed E-state index contributed by atoms with van der Waals surface area (Å²) in [6, 6.07) is 8.52. The molecule has 0 amide bonds. The van der Waals surface area contributed by atoms with Crippen LogP contribution in [0.2, 0.25) is 0 Å². The summed E-state index contributed by atoms with van der Waals surface area (Å²) in [4.78, 5) is 0. The molecule has 1 aliphatic carbocycles. The van der Waals surface area contributed by atoms with E-state index in [9.17, 15) is 0 Å². The number of hydrogen-bond donors (Lipinski definition) is 2. The molecule has 2 nitrogen and oxygen atoms in total. The standard InChI is InChI=1S/C12H18N2.ClH/c13-14-12-8-6-11(7-9-12)10-4-2-1-3-5-10;/h6-10,14H,1-5,13H2;1H. The molecule has 1 saturated carbocycles. The van der Waals surface area contributed by atoms with Gasteiger partial charge in [0.2, 0.25) is 0 Å². The van der Waals surface area contributed by atoms with Crippen molar-refractivity contribution < 1.29 is 0 Å². The van der Waals surface area contributed by atoms with E-state index in [0.717, 1.165) is 11.6 Å². The number of halogens is 1. The summed E-state index contributed by atoms with van der Waals surface area (Å²) in [5.41, 5.74) is 5.12. The van der Waals surface area contributed by atoms with Gasteiger partial charge in [0.15, 0.2) is 0 Å². The minimum absolute atomic E-state index is 0. The van der Waals surface area contributed by atoms with Gasteiger partial charge in [-0.1, -0.05) is 31.4 Å². The highest BCUT2D eigenvalue weighted by molar-refractivity contribution is 5.85. The summed E-state index contributed by atoms with van der Waals surface area (Å²) in [5, 5.41) is 0. The third-order valence-electron chi connectivity index (χ3n) is 3.15. The zero-order chi connectivity index (χ0) is 9.80. The molecule has 0 radical (unpaired) electrons. The van der Waals surface area contributed by atoms with Gasteiger partial charge in [-0.05, 0) is 36.5 Å². The predicted octanol–water partition coefficient (Wildman–Crippen LogP) is 3.44. The monoisotopic (exact) mass is 226 g/mol. The Morgan fingerprint density at radius 3 is 2.13 bits per heavy atom. The lowest BCUT2D eigenvalue weighted by Crippen LogP contribution is -2.07. The molecule has 0 aromatic heterocycles. The van der Waals surface area contributed by atoms with Crippen LogP contribution in [0, 0.1) is 0 Å². The van der Waals surface area contributed by atoms with Gasteiger partial charge >= 0.3 is 0 Å². The Morgan fingerprint density at radius 2 is 1.60 bits per heavy atom. The summed E-state index contributed by atoms with van der Waals surface area (Å²) >= 11 is 0. The predicted molar refractivity (Wildman–Crippen MR) is 67.3 cm³/mol. The minimum Gasteiger partial charge on any atom is -0.324 e. The van der Waals surface area contributed by atoms with Crippen molar-refractivity contribution in [1.82, 2.24) is 0 Å². The fourth-order valence-corrected chi connectivity index (χ4v) is 2.29. The van der Waals surface area contributed by atoms with Gasteiger partial charge < -0.3 is 5.43 Å². The van der Waals surface area contributed by atoms with Crippen LogP contribution in [0.1, 0.15) is 43.6 Å². The van der Waals surface area contributed by atoms with Crippen molar-refractivity contribution in [3.63, 3.8) is 0 Å². The number of nitrogens with two attached hydrogens (primary N) is 1. The van der Waals surface area contributed by atoms with E-state index in [1.165, 1.54) is 37.7 Å². The molecule has 0 spiro atoms. The molecule has 0 heterocycles. The molecule has 0 aliphatic heterocycles. The Labute approximate surface area is 97.6 Å². The molecule has 84 valence electrons. The van der Waals surface area contributed by atoms with Crippen molar-refractivity contribution in [3.8, 4) is 0 Å². The Bertz CT molecular complexity index is 278. The molecule has 1 aliphatic rings. The quantitative estimate of drug-likeness (QED) is 0.599. The lowest BCUT2D eigenvalue weighted by atomic mass is 9.84. The van der Waals surface area contributed by atoms with Crippen LogP contribution < -0.4 is 11.3 Å². The van der Waals surface area contributed by atoms with Gasteiger partial charge in [-0.25, -0.2) is 0 Å². The number of rotatable bonds is 2. The van der Waals surface area contributed by atoms with Crippen LogP contribution in [-0.4, -0.2) is 0 Å². The van der Waals surface area contributed by atoms with Gasteiger partial charge in [-0.15, -0.1) is 12.4 Å². The fraction of sp³-hybridized carbons (Fsp3) is 0.500. The van der Waals surface area contributed by atoms with Crippen LogP contribution >= 0.6 is 12.4 Å². The van der Waals surface area contributed by atoms with E-state index in [1.54, 1.807) is 0 Å². The Balaban J connectivity index is 0.00000112. The van der Waals surface area contributed by atoms with Gasteiger partial charge in [0, 0.05) is 5.69 Å². The van der Waals surface area contributed by atoms with Gasteiger partial charge in [-0.2, -0.15) is 0 Å². The Morgan fingerprint density at radius 1 is 1.00 bits per heavy atom. The van der Waals surface area contributed by atoms with Crippen molar-refractivity contribution >= 4 is 18.1 Å². The topological polar surface area (TPSA) is 38.0 Å². The first kappa shape index (κ1) is 12.3. The molecule has 0 bridgehead atoms. The highest BCUT2D eigenvalue weighted by Gasteiger charge is 2.14. The average molecular weight is 227 g/mol. The van der Waals surface area contributed by atoms with Crippen LogP contribution in [-0.2, 0) is 0 Å². The zero-order valence-corrected chi connectivity index (χ0v) is 9.72. The van der Waals surface area contributed by atoms with Crippen molar-refractivity contribution in [2.45, 2.75) is 38.0 Å². The summed E-state index contributed by atoms with van der Waals surface area (Å²) in [7, 11) is 0. The van der Waals surface area contributed by atoms with Crippen LogP contribution in [0.3, 0.4) is 0 Å². The molecule has 2 rings (SSSR count). The van der Waals surface area contributed by atoms with Crippen molar-refractivity contribution in [3.05, 3.63) is 29.8 Å². The molecular weight excluding hydrogens is 208 g/mol. The van der Waals surface area contributed by atoms with Crippen LogP contribution in [0.5, 0.6) is 0 Å². The van der Waals surface area contributed by atoms with E-state index in [0.29, 0.717) is 0 Å². The number of benzene rings is 1. The van der Waals surface area contributed by atoms with Crippen molar-refractivity contribution in [1.29, 1.82) is 0 Å². The molecule has 0 saturated heterocycles. The molecule has 1 aromatic rings. The van der Waals surface area contributed by atoms with Crippen molar-refractivity contribution in [2.24, 2.45) is 5.84 Å². The second-order valence-electron chi connectivity index (χ2n) is 4.10. The first-order valence-electron chi connectivity index (χ1n) is 5.47. The lowest BCUT2D eigenvalue weighted by molar-refractivity contribution is 0.443. The van der Waals surface area contributed by atoms with Gasteiger partial charge in [0.25, 0.3) is 0 Å². The molecule has 15 heavy (non-hydrogen) atoms. The molecule has 3 heteroatoms. The SMILES string of the molecule is Cl.NNc1ccc(C2CCCCC2)cc1. The second kappa shape index (κ2) is 5.99. The summed E-state index contributed by atoms with van der Waals surface area (Å²) in [5.74, 6) is 6.12. The van der Waals surface area contributed by atoms with Crippen LogP contribution in [0.4, 0.5) is 5.69 Å². The molecule has 0 atom stereocenters. The van der Waals surface area contributed by atoms with Gasteiger partial charge in [-0.3, -0.25) is 5.84 Å². The molecule has 1 aromatic carbocycles. The number of anilines is 1. The Kier molecular flexibility index (Phi) is 4.92. The number of hydrogen-bond acceptors (Lipinski definition) is 2. The van der Waals surface area contributed by atoms with E-state index in [-0.39, 0.29) is 12.4 Å². The second-order valence-corrected chi connectivity index (χ2v) is 4.10. The van der Waals surface area contributed by atoms with Crippen molar-refractivity contribution in [2.75, 3.05) is 5.43 Å². The lowest BCUT2D eigenvalue weighted by Gasteiger charge is -2.22. The zero-order valence-electron chi connectivity index (χ0n) is 8.91. The normalized spacial score (nSPS) is 16.9. The first-order chi connectivity index (χ1) is 6.90. The number of hydrazine groups is 1. The average Bonchev–Trinajstić information content (AvgIpc) is 2.30. The van der Waals surface area contributed by atoms with Gasteiger partial charge in [0.1, 0.15) is 0 Å². The van der Waals surface area contributed by atoms with E-state index >= 15 is 0 Å². The maximum Gasteiger partial charge on any atom is 0.0485 e. The maximum absolute atomic E-state index is 5.33. The fourth-order valence-electron chi connectivity index (χ4n) is 2.29. The maximum atomic E-state index is 5.33. The smallest absolute Gasteiger partial charge is 0.0485 e. The summed E-state index contributed by atoms with van der Waals surface area (Å²) in [6.45, 7) is 0. The molecule has 3 N–H and O–H groups in total. The highest BCUT2D eigenvalue weighted by atomic mass is 35.5. The molecule has 0 unspecified atom stereocenters. The number of nitrogens with one attached hydrogen (secondary N) is 1. The third-order valence-corrected chi connectivity index (χ3v) is 3.15. The largest absolute Gasteiger partial charge is 0.324 e. The summed E-state index contributed by atoms with van der Waals surface area (Å²) < 4.78 is 0. The number of nitrogen functional groups attached to an aromatic ring is 1. The van der Waals surface area contributed by atoms with Crippen LogP contribution in [0.25, 0.3) is 0 Å². The summed E-state index contributed by atoms with van der Waals surface area (Å²) in [6.07, 6.45) is 6.91. The minimum atomic E-state index is 0. The van der Waals surface area contributed by atoms with E-state index in [1.807, 2.05) is 0 Å². The highest BCUT2D eigenvalue weighted by Crippen LogP contribution is 2.32. The first-order valence-corrected chi connectivity index (χ1v) is 5.47. The molecular formula is C12H19ClN2. The van der Waals surface area contributed by atoms with Crippen LogP contribution in [0.15, 0.2) is 24.3 Å². The van der Waals surface area contributed by atoms with E-state index in [4.69, 9.17) is 5.84 Å². The third kappa shape index (κ3) is 3.11. The van der Waals surface area contributed by atoms with Gasteiger partial charge in [0.05, 0.1) is 0 Å². The Hall–Kier alpha value is -0.730. The molecule has 1 fully saturated rings.